The number of ketones is 1. The quantitative estimate of drug-likeness (QED) is 0.501. The summed E-state index contributed by atoms with van der Waals surface area (Å²) in [5.74, 6) is -0.707. The number of rotatable bonds is 2. The van der Waals surface area contributed by atoms with Crippen LogP contribution in [-0.4, -0.2) is 20.2 Å². The zero-order chi connectivity index (χ0) is 16.0. The molecule has 0 aliphatic heterocycles. The lowest BCUT2D eigenvalue weighted by Gasteiger charge is -2.04. The molecule has 0 unspecified atom stereocenters. The van der Waals surface area contributed by atoms with E-state index < -0.39 is 5.82 Å². The number of fused-ring (bicyclic) bond motifs is 2. The molecule has 4 nitrogen and oxygen atoms in total. The first kappa shape index (κ1) is 14.0. The Morgan fingerprint density at radius 2 is 2.04 bits per heavy atom. The van der Waals surface area contributed by atoms with E-state index in [1.54, 1.807) is 30.6 Å². The van der Waals surface area contributed by atoms with Crippen molar-refractivity contribution in [1.29, 1.82) is 0 Å². The standard InChI is InChI=1S/C17H9BrFN3O/c18-12-7-13(19)17-21-8-15(22(17)9-12)16(23)11-3-4-14-10(6-11)2-1-5-20-14/h1-9H. The lowest BCUT2D eigenvalue weighted by molar-refractivity contribution is 0.103. The largest absolute Gasteiger partial charge is 0.293 e. The number of aromatic nitrogens is 3. The van der Waals surface area contributed by atoms with Gasteiger partial charge in [0.25, 0.3) is 0 Å². The normalized spacial score (nSPS) is 11.2. The van der Waals surface area contributed by atoms with E-state index in [9.17, 15) is 9.18 Å². The number of carbonyl (C=O) groups is 1. The molecule has 0 atom stereocenters. The SMILES string of the molecule is O=C(c1ccc2ncccc2c1)c1cnc2c(F)cc(Br)cn12. The summed E-state index contributed by atoms with van der Waals surface area (Å²) < 4.78 is 15.9. The summed E-state index contributed by atoms with van der Waals surface area (Å²) in [4.78, 5) is 21.0. The molecule has 0 saturated carbocycles. The Balaban J connectivity index is 1.87. The molecular formula is C17H9BrFN3O. The first-order chi connectivity index (χ1) is 11.1. The molecule has 0 bridgehead atoms. The second kappa shape index (κ2) is 5.24. The maximum absolute atomic E-state index is 13.9. The van der Waals surface area contributed by atoms with E-state index in [0.29, 0.717) is 15.7 Å². The molecule has 0 aliphatic carbocycles. The summed E-state index contributed by atoms with van der Waals surface area (Å²) in [7, 11) is 0. The van der Waals surface area contributed by atoms with E-state index in [4.69, 9.17) is 0 Å². The third-order valence-electron chi connectivity index (χ3n) is 3.63. The predicted octanol–water partition coefficient (Wildman–Crippen LogP) is 4.02. The molecule has 6 heteroatoms. The van der Waals surface area contributed by atoms with Crippen LogP contribution < -0.4 is 0 Å². The molecule has 0 radical (unpaired) electrons. The molecule has 0 aliphatic rings. The maximum Gasteiger partial charge on any atom is 0.211 e. The highest BCUT2D eigenvalue weighted by molar-refractivity contribution is 9.10. The number of pyridine rings is 2. The first-order valence-corrected chi connectivity index (χ1v) is 7.64. The molecule has 0 amide bonds. The van der Waals surface area contributed by atoms with Gasteiger partial charge in [0.1, 0.15) is 5.69 Å². The van der Waals surface area contributed by atoms with Crippen molar-refractivity contribution in [2.75, 3.05) is 0 Å². The highest BCUT2D eigenvalue weighted by Crippen LogP contribution is 2.21. The molecular weight excluding hydrogens is 361 g/mol. The lowest BCUT2D eigenvalue weighted by Crippen LogP contribution is -2.05. The Kier molecular flexibility index (Phi) is 3.20. The van der Waals surface area contributed by atoms with Crippen LogP contribution in [0.15, 0.2) is 59.5 Å². The average molecular weight is 370 g/mol. The molecule has 1 aromatic carbocycles. The van der Waals surface area contributed by atoms with Crippen LogP contribution in [0, 0.1) is 5.82 Å². The van der Waals surface area contributed by atoms with Crippen LogP contribution in [0.5, 0.6) is 0 Å². The summed E-state index contributed by atoms with van der Waals surface area (Å²) in [6, 6.07) is 10.3. The molecule has 3 aromatic heterocycles. The number of hydrogen-bond donors (Lipinski definition) is 0. The fraction of sp³-hybridized carbons (Fsp3) is 0. The summed E-state index contributed by atoms with van der Waals surface area (Å²) in [5, 5.41) is 0.875. The predicted molar refractivity (Wildman–Crippen MR) is 88.0 cm³/mol. The molecule has 23 heavy (non-hydrogen) atoms. The Bertz CT molecular complexity index is 1070. The number of benzene rings is 1. The van der Waals surface area contributed by atoms with Gasteiger partial charge in [-0.15, -0.1) is 0 Å². The Morgan fingerprint density at radius 1 is 1.17 bits per heavy atom. The van der Waals surface area contributed by atoms with Crippen molar-refractivity contribution in [3.63, 3.8) is 0 Å². The Morgan fingerprint density at radius 3 is 2.91 bits per heavy atom. The topological polar surface area (TPSA) is 47.3 Å². The van der Waals surface area contributed by atoms with Crippen LogP contribution in [-0.2, 0) is 0 Å². The van der Waals surface area contributed by atoms with E-state index in [0.717, 1.165) is 10.9 Å². The van der Waals surface area contributed by atoms with Gasteiger partial charge in [0.05, 0.1) is 11.7 Å². The summed E-state index contributed by atoms with van der Waals surface area (Å²) in [6.45, 7) is 0. The number of halogens is 2. The fourth-order valence-electron chi connectivity index (χ4n) is 2.55. The van der Waals surface area contributed by atoms with Crippen LogP contribution in [0.1, 0.15) is 16.1 Å². The van der Waals surface area contributed by atoms with Gasteiger partial charge in [-0.1, -0.05) is 6.07 Å². The molecule has 4 aromatic rings. The molecule has 112 valence electrons. The van der Waals surface area contributed by atoms with Gasteiger partial charge < -0.3 is 0 Å². The third kappa shape index (κ3) is 2.31. The summed E-state index contributed by atoms with van der Waals surface area (Å²) in [5.41, 5.74) is 1.76. The van der Waals surface area contributed by atoms with E-state index in [1.807, 2.05) is 12.1 Å². The van der Waals surface area contributed by atoms with Crippen molar-refractivity contribution in [3.8, 4) is 0 Å². The van der Waals surface area contributed by atoms with Crippen LogP contribution in [0.4, 0.5) is 4.39 Å². The van der Waals surface area contributed by atoms with Gasteiger partial charge in [0, 0.05) is 27.8 Å². The van der Waals surface area contributed by atoms with Crippen LogP contribution in [0.2, 0.25) is 0 Å². The van der Waals surface area contributed by atoms with Crippen molar-refractivity contribution >= 4 is 38.3 Å². The van der Waals surface area contributed by atoms with E-state index in [-0.39, 0.29) is 11.4 Å². The molecule has 0 saturated heterocycles. The molecule has 4 rings (SSSR count). The van der Waals surface area contributed by atoms with Crippen LogP contribution >= 0.6 is 15.9 Å². The van der Waals surface area contributed by atoms with Crippen LogP contribution in [0.25, 0.3) is 16.6 Å². The van der Waals surface area contributed by atoms with Gasteiger partial charge in [-0.3, -0.25) is 14.2 Å². The summed E-state index contributed by atoms with van der Waals surface area (Å²) in [6.07, 6.45) is 4.72. The van der Waals surface area contributed by atoms with Gasteiger partial charge in [-0.2, -0.15) is 0 Å². The second-order valence-corrected chi connectivity index (χ2v) is 6.00. The highest BCUT2D eigenvalue weighted by Gasteiger charge is 2.17. The zero-order valence-electron chi connectivity index (χ0n) is 11.7. The highest BCUT2D eigenvalue weighted by atomic mass is 79.9. The number of imidazole rings is 1. The maximum atomic E-state index is 13.9. The minimum atomic E-state index is -0.485. The van der Waals surface area contributed by atoms with Gasteiger partial charge in [0.2, 0.25) is 5.78 Å². The number of carbonyl (C=O) groups excluding carboxylic acids is 1. The Hall–Kier alpha value is -2.60. The Labute approximate surface area is 138 Å². The van der Waals surface area contributed by atoms with Gasteiger partial charge >= 0.3 is 0 Å². The minimum Gasteiger partial charge on any atom is -0.293 e. The van der Waals surface area contributed by atoms with Gasteiger partial charge in [0.15, 0.2) is 11.5 Å². The van der Waals surface area contributed by atoms with Gasteiger partial charge in [-0.25, -0.2) is 9.37 Å². The summed E-state index contributed by atoms with van der Waals surface area (Å²) >= 11 is 3.23. The molecule has 0 spiro atoms. The van der Waals surface area contributed by atoms with E-state index in [2.05, 4.69) is 25.9 Å². The van der Waals surface area contributed by atoms with Crippen molar-refractivity contribution in [1.82, 2.24) is 14.4 Å². The smallest absolute Gasteiger partial charge is 0.211 e. The fourth-order valence-corrected chi connectivity index (χ4v) is 2.95. The molecule has 3 heterocycles. The van der Waals surface area contributed by atoms with Crippen LogP contribution in [0.3, 0.4) is 0 Å². The average Bonchev–Trinajstić information content (AvgIpc) is 2.97. The lowest BCUT2D eigenvalue weighted by atomic mass is 10.1. The van der Waals surface area contributed by atoms with Crippen molar-refractivity contribution in [3.05, 3.63) is 76.5 Å². The number of nitrogens with zero attached hydrogens (tertiary/aromatic N) is 3. The monoisotopic (exact) mass is 369 g/mol. The van der Waals surface area contributed by atoms with Crippen molar-refractivity contribution in [2.45, 2.75) is 0 Å². The number of hydrogen-bond acceptors (Lipinski definition) is 3. The van der Waals surface area contributed by atoms with E-state index >= 15 is 0 Å². The second-order valence-electron chi connectivity index (χ2n) is 5.08. The van der Waals surface area contributed by atoms with E-state index in [1.165, 1.54) is 16.7 Å². The van der Waals surface area contributed by atoms with Crippen molar-refractivity contribution in [2.24, 2.45) is 0 Å². The van der Waals surface area contributed by atoms with Gasteiger partial charge in [-0.05, 0) is 46.3 Å². The van der Waals surface area contributed by atoms with Crippen molar-refractivity contribution < 1.29 is 9.18 Å². The molecule has 0 fully saturated rings. The zero-order valence-corrected chi connectivity index (χ0v) is 13.3. The molecule has 0 N–H and O–H groups in total. The minimum absolute atomic E-state index is 0.124. The third-order valence-corrected chi connectivity index (χ3v) is 4.06. The first-order valence-electron chi connectivity index (χ1n) is 6.85.